The summed E-state index contributed by atoms with van der Waals surface area (Å²) in [6.45, 7) is 1.66. The monoisotopic (exact) mass is 536 g/mol. The molecule has 0 saturated heterocycles. The maximum atomic E-state index is 13.0. The van der Waals surface area contributed by atoms with E-state index < -0.39 is 21.9 Å². The van der Waals surface area contributed by atoms with Crippen LogP contribution in [0.2, 0.25) is 0 Å². The molecule has 1 aromatic heterocycles. The van der Waals surface area contributed by atoms with Crippen LogP contribution in [0.5, 0.6) is 5.75 Å². The molecule has 13 heteroatoms. The highest BCUT2D eigenvalue weighted by Crippen LogP contribution is 2.27. The number of hydrogen-bond donors (Lipinski definition) is 2. The first-order valence-electron chi connectivity index (χ1n) is 11.4. The lowest BCUT2D eigenvalue weighted by Crippen LogP contribution is -2.20. The number of carbonyl (C=O) groups is 2. The number of methoxy groups -OCH3 is 1. The van der Waals surface area contributed by atoms with Gasteiger partial charge in [0.05, 0.1) is 35.6 Å². The molecule has 1 amide bonds. The Labute approximate surface area is 218 Å². The molecule has 196 valence electrons. The van der Waals surface area contributed by atoms with E-state index in [1.807, 2.05) is 0 Å². The first-order valence-corrected chi connectivity index (χ1v) is 12.9. The quantitative estimate of drug-likeness (QED) is 0.291. The third-order valence-electron chi connectivity index (χ3n) is 5.21. The Balaban J connectivity index is 1.49. The molecule has 0 atom stereocenters. The fourth-order valence-electron chi connectivity index (χ4n) is 3.44. The van der Waals surface area contributed by atoms with Crippen molar-refractivity contribution in [3.8, 4) is 17.1 Å². The molecule has 0 aliphatic rings. The Morgan fingerprint density at radius 1 is 0.947 bits per heavy atom. The average molecular weight is 537 g/mol. The molecule has 0 bridgehead atoms. The number of sulfonamides is 1. The van der Waals surface area contributed by atoms with Gasteiger partial charge in [-0.15, -0.1) is 10.2 Å². The molecule has 38 heavy (non-hydrogen) atoms. The third kappa shape index (κ3) is 6.13. The molecule has 0 spiro atoms. The fraction of sp³-hybridized carbons (Fsp3) is 0.160. The number of rotatable bonds is 10. The first-order chi connectivity index (χ1) is 18.3. The number of hydrogen-bond acceptors (Lipinski definition) is 9. The van der Waals surface area contributed by atoms with Gasteiger partial charge in [0.25, 0.3) is 10.0 Å². The van der Waals surface area contributed by atoms with Crippen LogP contribution in [0.1, 0.15) is 17.3 Å². The summed E-state index contributed by atoms with van der Waals surface area (Å²) in [5.41, 5.74) is 1.30. The highest BCUT2D eigenvalue weighted by Gasteiger charge is 2.20. The molecule has 0 fully saturated rings. The Kier molecular flexibility index (Phi) is 7.97. The molecule has 0 saturated carbocycles. The number of ether oxygens (including phenoxy) is 2. The second-order valence-electron chi connectivity index (χ2n) is 7.79. The largest absolute Gasteiger partial charge is 0.495 e. The highest BCUT2D eigenvalue weighted by molar-refractivity contribution is 7.92. The first kappa shape index (κ1) is 26.3. The van der Waals surface area contributed by atoms with Crippen LogP contribution < -0.4 is 14.8 Å². The van der Waals surface area contributed by atoms with Crippen LogP contribution in [0.15, 0.2) is 77.7 Å². The minimum atomic E-state index is -4.01. The van der Waals surface area contributed by atoms with E-state index in [1.165, 1.54) is 31.4 Å². The van der Waals surface area contributed by atoms with E-state index in [2.05, 4.69) is 25.4 Å². The molecular weight excluding hydrogens is 512 g/mol. The van der Waals surface area contributed by atoms with Crippen LogP contribution >= 0.6 is 0 Å². The summed E-state index contributed by atoms with van der Waals surface area (Å²) in [4.78, 5) is 25.4. The minimum absolute atomic E-state index is 0.0509. The number of carbonyl (C=O) groups excluding carboxylic acids is 2. The molecule has 0 aliphatic carbocycles. The number of anilines is 2. The van der Waals surface area contributed by atoms with Gasteiger partial charge in [0, 0.05) is 5.56 Å². The van der Waals surface area contributed by atoms with Crippen molar-refractivity contribution in [3.63, 3.8) is 0 Å². The van der Waals surface area contributed by atoms with E-state index in [0.717, 1.165) is 4.80 Å². The van der Waals surface area contributed by atoms with Crippen molar-refractivity contribution < 1.29 is 27.5 Å². The molecule has 3 aromatic carbocycles. The number of benzene rings is 3. The van der Waals surface area contributed by atoms with E-state index in [1.54, 1.807) is 55.5 Å². The smallest absolute Gasteiger partial charge is 0.338 e. The Morgan fingerprint density at radius 3 is 2.34 bits per heavy atom. The normalized spacial score (nSPS) is 11.0. The Bertz CT molecular complexity index is 1550. The number of nitrogens with one attached hydrogen (secondary N) is 2. The number of esters is 1. The molecule has 0 unspecified atom stereocenters. The Morgan fingerprint density at radius 2 is 1.63 bits per heavy atom. The number of nitrogens with zero attached hydrogens (tertiary/aromatic N) is 4. The third-order valence-corrected chi connectivity index (χ3v) is 6.59. The van der Waals surface area contributed by atoms with Crippen molar-refractivity contribution in [1.82, 2.24) is 20.2 Å². The van der Waals surface area contributed by atoms with Crippen molar-refractivity contribution in [2.24, 2.45) is 0 Å². The van der Waals surface area contributed by atoms with E-state index in [4.69, 9.17) is 9.47 Å². The predicted molar refractivity (Wildman–Crippen MR) is 138 cm³/mol. The zero-order valence-electron chi connectivity index (χ0n) is 20.5. The number of amides is 1. The van der Waals surface area contributed by atoms with Crippen molar-refractivity contribution in [2.45, 2.75) is 18.4 Å². The van der Waals surface area contributed by atoms with E-state index in [0.29, 0.717) is 17.0 Å². The average Bonchev–Trinajstić information content (AvgIpc) is 3.37. The van der Waals surface area contributed by atoms with Crippen LogP contribution in [-0.4, -0.2) is 54.2 Å². The summed E-state index contributed by atoms with van der Waals surface area (Å²) in [6.07, 6.45) is 0. The summed E-state index contributed by atoms with van der Waals surface area (Å²) in [7, 11) is -2.51. The number of para-hydroxylation sites is 3. The van der Waals surface area contributed by atoms with Crippen LogP contribution in [0.4, 0.5) is 11.4 Å². The van der Waals surface area contributed by atoms with Crippen molar-refractivity contribution >= 4 is 33.3 Å². The summed E-state index contributed by atoms with van der Waals surface area (Å²) in [6, 6.07) is 18.8. The lowest BCUT2D eigenvalue weighted by molar-refractivity contribution is -0.117. The van der Waals surface area contributed by atoms with Gasteiger partial charge in [0.15, 0.2) is 0 Å². The van der Waals surface area contributed by atoms with Gasteiger partial charge in [-0.2, -0.15) is 4.80 Å². The van der Waals surface area contributed by atoms with E-state index >= 15 is 0 Å². The fourth-order valence-corrected chi connectivity index (χ4v) is 4.52. The molecule has 2 N–H and O–H groups in total. The zero-order chi connectivity index (χ0) is 27.1. The Hall–Kier alpha value is -4.78. The van der Waals surface area contributed by atoms with Gasteiger partial charge in [-0.1, -0.05) is 24.3 Å². The summed E-state index contributed by atoms with van der Waals surface area (Å²) in [5.74, 6) is -0.324. The second kappa shape index (κ2) is 11.5. The summed E-state index contributed by atoms with van der Waals surface area (Å²) in [5, 5.41) is 14.9. The molecular formula is C25H24N6O6S. The molecule has 0 aliphatic heterocycles. The van der Waals surface area contributed by atoms with E-state index in [-0.39, 0.29) is 35.1 Å². The van der Waals surface area contributed by atoms with Crippen molar-refractivity contribution in [3.05, 3.63) is 78.4 Å². The van der Waals surface area contributed by atoms with Gasteiger partial charge in [-0.05, 0) is 60.7 Å². The molecule has 1 heterocycles. The van der Waals surface area contributed by atoms with Gasteiger partial charge in [0.2, 0.25) is 11.7 Å². The van der Waals surface area contributed by atoms with Gasteiger partial charge < -0.3 is 14.8 Å². The van der Waals surface area contributed by atoms with Gasteiger partial charge in [0.1, 0.15) is 12.3 Å². The van der Waals surface area contributed by atoms with Crippen LogP contribution in [0.3, 0.4) is 0 Å². The maximum Gasteiger partial charge on any atom is 0.338 e. The van der Waals surface area contributed by atoms with Crippen molar-refractivity contribution in [1.29, 1.82) is 0 Å². The lowest BCUT2D eigenvalue weighted by Gasteiger charge is -2.11. The van der Waals surface area contributed by atoms with Crippen LogP contribution in [0, 0.1) is 0 Å². The molecule has 4 aromatic rings. The highest BCUT2D eigenvalue weighted by atomic mass is 32.2. The molecule has 12 nitrogen and oxygen atoms in total. The summed E-state index contributed by atoms with van der Waals surface area (Å²) >= 11 is 0. The van der Waals surface area contributed by atoms with E-state index in [9.17, 15) is 18.0 Å². The zero-order valence-corrected chi connectivity index (χ0v) is 21.3. The van der Waals surface area contributed by atoms with Crippen molar-refractivity contribution in [2.75, 3.05) is 23.8 Å². The van der Waals surface area contributed by atoms with Gasteiger partial charge in [-0.25, -0.2) is 13.2 Å². The second-order valence-corrected chi connectivity index (χ2v) is 9.47. The topological polar surface area (TPSA) is 154 Å². The molecule has 4 rings (SSSR count). The number of tetrazole rings is 1. The van der Waals surface area contributed by atoms with Gasteiger partial charge in [-0.3, -0.25) is 9.52 Å². The predicted octanol–water partition coefficient (Wildman–Crippen LogP) is 2.96. The molecule has 0 radical (unpaired) electrons. The SMILES string of the molecule is CCOC(=O)c1ccc(S(=O)(=O)Nc2ccccc2-c2nnn(CC(=O)Nc3ccccc3OC)n2)cc1. The van der Waals surface area contributed by atoms with Gasteiger partial charge >= 0.3 is 5.97 Å². The summed E-state index contributed by atoms with van der Waals surface area (Å²) < 4.78 is 38.7. The minimum Gasteiger partial charge on any atom is -0.495 e. The van der Waals surface area contributed by atoms with Crippen LogP contribution in [-0.2, 0) is 26.1 Å². The standard InChI is InChI=1S/C25H24N6O6S/c1-3-37-25(33)17-12-14-18(15-13-17)38(34,35)29-20-9-5-4-8-19(20)24-27-30-31(28-24)16-23(32)26-21-10-6-7-11-22(21)36-2/h4-15,29H,3,16H2,1-2H3,(H,26,32). The van der Waals surface area contributed by atoms with Crippen LogP contribution in [0.25, 0.3) is 11.4 Å². The number of aromatic nitrogens is 4. The maximum absolute atomic E-state index is 13.0. The lowest BCUT2D eigenvalue weighted by atomic mass is 10.2.